The van der Waals surface area contributed by atoms with Gasteiger partial charge in [-0.2, -0.15) is 35.4 Å². The SMILES string of the molecule is CC(C)[SiH]C(C)C.Cc1c[cH-]c(C(C)C)c1.Cc1c[cH-]c(C(C)C)c1.[Cl-].[Cl-].[Hf+4]. The summed E-state index contributed by atoms with van der Waals surface area (Å²) in [7, 11) is 0.713. The Morgan fingerprint density at radius 2 is 0.929 bits per heavy atom. The van der Waals surface area contributed by atoms with Gasteiger partial charge in [0.2, 0.25) is 0 Å². The van der Waals surface area contributed by atoms with Gasteiger partial charge in [-0.3, -0.25) is 0 Å². The fraction of sp³-hybridized carbons (Fsp3) is 0.583. The molecule has 0 spiro atoms. The van der Waals surface area contributed by atoms with Crippen molar-refractivity contribution in [3.05, 3.63) is 58.7 Å². The van der Waals surface area contributed by atoms with Crippen LogP contribution >= 0.6 is 0 Å². The largest absolute Gasteiger partial charge is 4.00 e. The van der Waals surface area contributed by atoms with Gasteiger partial charge in [-0.05, 0) is 11.8 Å². The summed E-state index contributed by atoms with van der Waals surface area (Å²) in [4.78, 5) is 0. The van der Waals surface area contributed by atoms with Crippen LogP contribution in [0.2, 0.25) is 11.1 Å². The van der Waals surface area contributed by atoms with Gasteiger partial charge in [-0.25, -0.2) is 23.3 Å². The maximum Gasteiger partial charge on any atom is 4.00 e. The predicted molar refractivity (Wildman–Crippen MR) is 119 cm³/mol. The average molecular weight is 607 g/mol. The third kappa shape index (κ3) is 18.4. The summed E-state index contributed by atoms with van der Waals surface area (Å²) < 4.78 is 0. The maximum absolute atomic E-state index is 2.30. The molecule has 0 aromatic heterocycles. The van der Waals surface area contributed by atoms with E-state index in [1.54, 1.807) is 0 Å². The molecule has 0 unspecified atom stereocenters. The number of hydrogen-bond donors (Lipinski definition) is 0. The van der Waals surface area contributed by atoms with Crippen LogP contribution in [0.3, 0.4) is 0 Å². The van der Waals surface area contributed by atoms with E-state index in [1.165, 1.54) is 22.3 Å². The molecule has 1 radical (unpaired) electrons. The Balaban J connectivity index is -0.000000148. The summed E-state index contributed by atoms with van der Waals surface area (Å²) in [5.41, 5.74) is 7.57. The van der Waals surface area contributed by atoms with Crippen molar-refractivity contribution in [3.8, 4) is 0 Å². The van der Waals surface area contributed by atoms with Crippen molar-refractivity contribution in [2.45, 2.75) is 92.2 Å². The standard InChI is InChI=1S/2C9H13.C6H15Si.2ClH.Hf/c2*1-7(2)9-5-4-8(3)6-9;1-5(2)7-6(3)4;;;/h2*4-7H,1-3H3;5-7H,1-4H3;2*1H;/q2*-1;;;;+4/p-2. The molecule has 0 aliphatic heterocycles. The van der Waals surface area contributed by atoms with Crippen molar-refractivity contribution >= 4 is 9.52 Å². The van der Waals surface area contributed by atoms with Crippen molar-refractivity contribution < 1.29 is 50.7 Å². The molecule has 0 bridgehead atoms. The van der Waals surface area contributed by atoms with E-state index in [4.69, 9.17) is 0 Å². The first-order chi connectivity index (χ1) is 11.5. The van der Waals surface area contributed by atoms with Gasteiger partial charge in [0, 0.05) is 9.52 Å². The number of rotatable bonds is 4. The van der Waals surface area contributed by atoms with Crippen LogP contribution in [0.5, 0.6) is 0 Å². The summed E-state index contributed by atoms with van der Waals surface area (Å²) in [6.45, 7) is 22.3. The molecule has 0 aliphatic carbocycles. The topological polar surface area (TPSA) is 0 Å². The van der Waals surface area contributed by atoms with Gasteiger partial charge in [0.15, 0.2) is 0 Å². The molecule has 2 aromatic rings. The maximum atomic E-state index is 2.30. The molecule has 28 heavy (non-hydrogen) atoms. The van der Waals surface area contributed by atoms with Crippen molar-refractivity contribution in [3.63, 3.8) is 0 Å². The van der Waals surface area contributed by atoms with E-state index >= 15 is 0 Å². The van der Waals surface area contributed by atoms with Gasteiger partial charge >= 0.3 is 25.8 Å². The molecule has 2 rings (SSSR count). The quantitative estimate of drug-likeness (QED) is 0.368. The van der Waals surface area contributed by atoms with Crippen LogP contribution in [-0.4, -0.2) is 9.52 Å². The van der Waals surface area contributed by atoms with E-state index in [0.29, 0.717) is 21.4 Å². The normalized spacial score (nSPS) is 9.64. The Hall–Kier alpha value is 0.367. The average Bonchev–Trinajstić information content (AvgIpc) is 3.07. The minimum atomic E-state index is 0. The molecule has 2 aromatic carbocycles. The molecular formula is C24H41Cl2HfSi. The smallest absolute Gasteiger partial charge is 1.00 e. The van der Waals surface area contributed by atoms with E-state index < -0.39 is 0 Å². The van der Waals surface area contributed by atoms with Gasteiger partial charge in [0.05, 0.1) is 0 Å². The van der Waals surface area contributed by atoms with Crippen molar-refractivity contribution in [2.75, 3.05) is 0 Å². The fourth-order valence-electron chi connectivity index (χ4n) is 2.66. The molecule has 0 heterocycles. The molecule has 0 fully saturated rings. The number of aryl methyl sites for hydroxylation is 2. The summed E-state index contributed by atoms with van der Waals surface area (Å²) in [5.74, 6) is 1.36. The van der Waals surface area contributed by atoms with Gasteiger partial charge < -0.3 is 24.8 Å². The second-order valence-electron chi connectivity index (χ2n) is 8.43. The minimum absolute atomic E-state index is 0. The first-order valence-corrected chi connectivity index (χ1v) is 11.2. The first-order valence-electron chi connectivity index (χ1n) is 9.84. The van der Waals surface area contributed by atoms with Crippen LogP contribution in [0.25, 0.3) is 0 Å². The third-order valence-electron chi connectivity index (χ3n) is 3.97. The van der Waals surface area contributed by atoms with Crippen LogP contribution in [0.15, 0.2) is 36.4 Å². The van der Waals surface area contributed by atoms with Crippen molar-refractivity contribution in [2.24, 2.45) is 0 Å². The van der Waals surface area contributed by atoms with E-state index in [1.807, 2.05) is 0 Å². The zero-order chi connectivity index (χ0) is 19.6. The Morgan fingerprint density at radius 3 is 1.00 bits per heavy atom. The Morgan fingerprint density at radius 1 is 0.643 bits per heavy atom. The molecule has 0 saturated carbocycles. The molecule has 0 nitrogen and oxygen atoms in total. The van der Waals surface area contributed by atoms with E-state index in [2.05, 4.69) is 106 Å². The second kappa shape index (κ2) is 19.3. The Bertz CT molecular complexity index is 518. The van der Waals surface area contributed by atoms with E-state index in [0.717, 1.165) is 11.1 Å². The summed E-state index contributed by atoms with van der Waals surface area (Å²) in [6, 6.07) is 13.2. The Kier molecular flexibility index (Phi) is 24.7. The van der Waals surface area contributed by atoms with Crippen LogP contribution < -0.4 is 24.8 Å². The molecule has 0 amide bonds. The predicted octanol–water partition coefficient (Wildman–Crippen LogP) is 1.76. The fourth-order valence-corrected chi connectivity index (χ4v) is 4.20. The van der Waals surface area contributed by atoms with Crippen LogP contribution in [0, 0.1) is 13.8 Å². The molecular weight excluding hydrogens is 566 g/mol. The zero-order valence-electron chi connectivity index (χ0n) is 19.6. The monoisotopic (exact) mass is 607 g/mol. The van der Waals surface area contributed by atoms with Gasteiger partial charge in [-0.15, -0.1) is 0 Å². The van der Waals surface area contributed by atoms with E-state index in [-0.39, 0.29) is 50.7 Å². The first kappa shape index (κ1) is 35.8. The molecule has 159 valence electrons. The second-order valence-corrected chi connectivity index (χ2v) is 11.5. The molecule has 0 aliphatic rings. The number of halogens is 2. The summed E-state index contributed by atoms with van der Waals surface area (Å²) in [6.07, 6.45) is 0. The van der Waals surface area contributed by atoms with Crippen molar-refractivity contribution in [1.82, 2.24) is 0 Å². The molecule has 0 N–H and O–H groups in total. The zero-order valence-corrected chi connectivity index (χ0v) is 25.9. The van der Waals surface area contributed by atoms with Gasteiger partial charge in [0.25, 0.3) is 0 Å². The minimum Gasteiger partial charge on any atom is -1.00 e. The number of hydrogen-bond acceptors (Lipinski definition) is 0. The van der Waals surface area contributed by atoms with Crippen LogP contribution in [0.1, 0.15) is 89.5 Å². The van der Waals surface area contributed by atoms with Crippen LogP contribution in [-0.2, 0) is 25.8 Å². The van der Waals surface area contributed by atoms with E-state index in [9.17, 15) is 0 Å². The van der Waals surface area contributed by atoms with Crippen LogP contribution in [0.4, 0.5) is 0 Å². The van der Waals surface area contributed by atoms with Crippen molar-refractivity contribution in [1.29, 1.82) is 0 Å². The van der Waals surface area contributed by atoms with Gasteiger partial charge in [-0.1, -0.05) is 80.3 Å². The van der Waals surface area contributed by atoms with Gasteiger partial charge in [0.1, 0.15) is 0 Å². The molecule has 0 saturated heterocycles. The summed E-state index contributed by atoms with van der Waals surface area (Å²) >= 11 is 0. The summed E-state index contributed by atoms with van der Waals surface area (Å²) in [5, 5.41) is 0. The molecule has 0 atom stereocenters. The third-order valence-corrected chi connectivity index (χ3v) is 5.51. The Labute approximate surface area is 209 Å². The molecule has 4 heteroatoms.